The van der Waals surface area contributed by atoms with Gasteiger partial charge in [-0.3, -0.25) is 0 Å². The van der Waals surface area contributed by atoms with Gasteiger partial charge in [0.25, 0.3) is 0 Å². The minimum Gasteiger partial charge on any atom is -0.378 e. The van der Waals surface area contributed by atoms with Crippen LogP contribution < -0.4 is 5.73 Å². The molecule has 0 heterocycles. The molecule has 2 aromatic rings. The quantitative estimate of drug-likeness (QED) is 0.526. The summed E-state index contributed by atoms with van der Waals surface area (Å²) in [5.74, 6) is -1.65. The fourth-order valence-corrected chi connectivity index (χ4v) is 2.84. The molecule has 2 rings (SSSR count). The Labute approximate surface area is 156 Å². The van der Waals surface area contributed by atoms with Crippen LogP contribution in [0.4, 0.5) is 18.9 Å². The van der Waals surface area contributed by atoms with E-state index in [1.165, 1.54) is 23.9 Å². The minimum absolute atomic E-state index is 0.250. The summed E-state index contributed by atoms with van der Waals surface area (Å²) in [5.41, 5.74) is 8.87. The lowest BCUT2D eigenvalue weighted by Crippen LogP contribution is -2.19. The monoisotopic (exact) mass is 378 g/mol. The summed E-state index contributed by atoms with van der Waals surface area (Å²) in [5, 5.41) is 0.431. The van der Waals surface area contributed by atoms with Gasteiger partial charge in [-0.15, -0.1) is 0 Å². The van der Waals surface area contributed by atoms with Crippen LogP contribution in [0.1, 0.15) is 28.2 Å². The van der Waals surface area contributed by atoms with Crippen molar-refractivity contribution in [3.05, 3.63) is 70.8 Å². The molecule has 2 nitrogen and oxygen atoms in total. The molecule has 6 heteroatoms. The van der Waals surface area contributed by atoms with Gasteiger partial charge in [0.05, 0.1) is 11.6 Å². The summed E-state index contributed by atoms with van der Waals surface area (Å²) < 4.78 is 40.6. The zero-order chi connectivity index (χ0) is 19.3. The Morgan fingerprint density at radius 2 is 1.65 bits per heavy atom. The molecule has 0 spiro atoms. The molecule has 0 aromatic heterocycles. The lowest BCUT2D eigenvalue weighted by Gasteiger charge is -2.18. The number of aliphatic imine (C=N–C) groups is 1. The normalized spacial score (nSPS) is 14.0. The van der Waals surface area contributed by atoms with Crippen LogP contribution >= 0.6 is 11.8 Å². The number of amidine groups is 1. The van der Waals surface area contributed by atoms with Gasteiger partial charge in [-0.1, -0.05) is 65.4 Å². The van der Waals surface area contributed by atoms with Crippen molar-refractivity contribution in [3.8, 4) is 0 Å². The molecule has 0 fully saturated rings. The number of rotatable bonds is 4. The van der Waals surface area contributed by atoms with Gasteiger partial charge in [-0.2, -0.15) is 13.2 Å². The number of nitrogens with two attached hydrogens (primary N) is 1. The Balaban J connectivity index is 2.28. The van der Waals surface area contributed by atoms with Crippen molar-refractivity contribution in [1.29, 1.82) is 0 Å². The zero-order valence-electron chi connectivity index (χ0n) is 14.8. The van der Waals surface area contributed by atoms with E-state index in [0.717, 1.165) is 11.1 Å². The standard InChI is InChI=1S/C20H21F3N2S/c1-13-10-14(2)12-16(11-13)18(20(21,22)23)9-6-15-4-7-17(8-5-15)25-19(24)26-3/h4-12,18H,1-3H3,(H2,24,25)/b9-6+. The zero-order valence-corrected chi connectivity index (χ0v) is 15.7. The number of nitrogens with zero attached hydrogens (tertiary/aromatic N) is 1. The van der Waals surface area contributed by atoms with Gasteiger partial charge in [-0.25, -0.2) is 4.99 Å². The van der Waals surface area contributed by atoms with Crippen LogP contribution in [0.3, 0.4) is 0 Å². The van der Waals surface area contributed by atoms with Crippen molar-refractivity contribution in [2.24, 2.45) is 10.7 Å². The first-order valence-corrected chi connectivity index (χ1v) is 9.23. The fourth-order valence-electron chi connectivity index (χ4n) is 2.64. The van der Waals surface area contributed by atoms with Crippen LogP contribution in [0.2, 0.25) is 0 Å². The molecule has 0 radical (unpaired) electrons. The third-order valence-corrected chi connectivity index (χ3v) is 4.29. The molecule has 0 aliphatic rings. The molecule has 0 amide bonds. The first-order chi connectivity index (χ1) is 12.2. The number of aryl methyl sites for hydroxylation is 2. The van der Waals surface area contributed by atoms with Gasteiger partial charge >= 0.3 is 6.18 Å². The van der Waals surface area contributed by atoms with E-state index in [4.69, 9.17) is 5.73 Å². The second-order valence-electron chi connectivity index (χ2n) is 6.05. The summed E-state index contributed by atoms with van der Waals surface area (Å²) in [6.45, 7) is 3.60. The number of thioether (sulfide) groups is 1. The smallest absolute Gasteiger partial charge is 0.378 e. The van der Waals surface area contributed by atoms with E-state index in [0.29, 0.717) is 16.4 Å². The van der Waals surface area contributed by atoms with E-state index >= 15 is 0 Å². The molecule has 26 heavy (non-hydrogen) atoms. The van der Waals surface area contributed by atoms with E-state index in [-0.39, 0.29) is 5.56 Å². The van der Waals surface area contributed by atoms with Gasteiger partial charge in [0, 0.05) is 0 Å². The van der Waals surface area contributed by atoms with Crippen molar-refractivity contribution in [3.63, 3.8) is 0 Å². The van der Waals surface area contributed by atoms with Crippen molar-refractivity contribution in [1.82, 2.24) is 0 Å². The molecule has 138 valence electrons. The Kier molecular flexibility index (Phi) is 6.53. The minimum atomic E-state index is -4.35. The fraction of sp³-hybridized carbons (Fsp3) is 0.250. The van der Waals surface area contributed by atoms with Crippen molar-refractivity contribution < 1.29 is 13.2 Å². The summed E-state index contributed by atoms with van der Waals surface area (Å²) in [6.07, 6.45) is 0.151. The van der Waals surface area contributed by atoms with E-state index in [1.54, 1.807) is 50.2 Å². The Bertz CT molecular complexity index is 789. The van der Waals surface area contributed by atoms with Gasteiger partial charge in [0.2, 0.25) is 0 Å². The lowest BCUT2D eigenvalue weighted by atomic mass is 9.94. The summed E-state index contributed by atoms with van der Waals surface area (Å²) in [7, 11) is 0. The maximum Gasteiger partial charge on any atom is 0.399 e. The van der Waals surface area contributed by atoms with Crippen LogP contribution in [-0.2, 0) is 0 Å². The van der Waals surface area contributed by atoms with Gasteiger partial charge in [0.15, 0.2) is 5.17 Å². The average molecular weight is 378 g/mol. The number of benzene rings is 2. The third-order valence-electron chi connectivity index (χ3n) is 3.78. The van der Waals surface area contributed by atoms with Crippen LogP contribution in [0, 0.1) is 13.8 Å². The van der Waals surface area contributed by atoms with Crippen molar-refractivity contribution in [2.45, 2.75) is 25.9 Å². The first-order valence-electron chi connectivity index (χ1n) is 8.00. The van der Waals surface area contributed by atoms with E-state index in [2.05, 4.69) is 4.99 Å². The highest BCUT2D eigenvalue weighted by Crippen LogP contribution is 2.37. The molecule has 0 bridgehead atoms. The Morgan fingerprint density at radius 1 is 1.08 bits per heavy atom. The van der Waals surface area contributed by atoms with E-state index < -0.39 is 12.1 Å². The second kappa shape index (κ2) is 8.45. The predicted octanol–water partition coefficient (Wildman–Crippen LogP) is 5.97. The molecule has 0 aliphatic carbocycles. The highest BCUT2D eigenvalue weighted by molar-refractivity contribution is 8.13. The first kappa shape index (κ1) is 20.1. The summed E-state index contributed by atoms with van der Waals surface area (Å²) >= 11 is 1.33. The molecule has 1 atom stereocenters. The summed E-state index contributed by atoms with van der Waals surface area (Å²) in [6, 6.07) is 11.9. The summed E-state index contributed by atoms with van der Waals surface area (Å²) in [4.78, 5) is 4.17. The largest absolute Gasteiger partial charge is 0.399 e. The molecule has 2 N–H and O–H groups in total. The number of alkyl halides is 3. The van der Waals surface area contributed by atoms with Crippen LogP contribution in [0.5, 0.6) is 0 Å². The number of halogens is 3. The predicted molar refractivity (Wildman–Crippen MR) is 105 cm³/mol. The maximum atomic E-state index is 13.5. The lowest BCUT2D eigenvalue weighted by molar-refractivity contribution is -0.139. The second-order valence-corrected chi connectivity index (χ2v) is 6.87. The topological polar surface area (TPSA) is 38.4 Å². The molecular formula is C20H21F3N2S. The van der Waals surface area contributed by atoms with Crippen LogP contribution in [-0.4, -0.2) is 17.6 Å². The molecule has 1 unspecified atom stereocenters. The number of allylic oxidation sites excluding steroid dienone is 1. The molecule has 2 aromatic carbocycles. The van der Waals surface area contributed by atoms with Gasteiger partial charge in [-0.05, 0) is 43.4 Å². The molecule has 0 saturated heterocycles. The Hall–Kier alpha value is -2.21. The average Bonchev–Trinajstić information content (AvgIpc) is 2.54. The third kappa shape index (κ3) is 5.66. The van der Waals surface area contributed by atoms with Crippen LogP contribution in [0.15, 0.2) is 53.5 Å². The Morgan fingerprint density at radius 3 is 2.15 bits per heavy atom. The van der Waals surface area contributed by atoms with Crippen LogP contribution in [0.25, 0.3) is 6.08 Å². The molecule has 0 saturated carbocycles. The van der Waals surface area contributed by atoms with E-state index in [1.807, 2.05) is 12.3 Å². The maximum absolute atomic E-state index is 13.5. The SMILES string of the molecule is CSC(N)=Nc1ccc(/C=C/C(c2cc(C)cc(C)c2)C(F)(F)F)cc1. The van der Waals surface area contributed by atoms with Gasteiger partial charge in [0.1, 0.15) is 0 Å². The molecule has 0 aliphatic heterocycles. The van der Waals surface area contributed by atoms with Gasteiger partial charge < -0.3 is 5.73 Å². The van der Waals surface area contributed by atoms with Crippen molar-refractivity contribution >= 4 is 28.7 Å². The van der Waals surface area contributed by atoms with E-state index in [9.17, 15) is 13.2 Å². The highest BCUT2D eigenvalue weighted by Gasteiger charge is 2.38. The highest BCUT2D eigenvalue weighted by atomic mass is 32.2. The number of hydrogen-bond acceptors (Lipinski definition) is 2. The number of hydrogen-bond donors (Lipinski definition) is 1. The molecular weight excluding hydrogens is 357 g/mol. The van der Waals surface area contributed by atoms with Crippen molar-refractivity contribution in [2.75, 3.05) is 6.26 Å².